The second-order valence-electron chi connectivity index (χ2n) is 25.4. The summed E-state index contributed by atoms with van der Waals surface area (Å²) in [6.45, 7) is 2.83. The summed E-state index contributed by atoms with van der Waals surface area (Å²) in [5, 5.41) is 87.4. The van der Waals surface area contributed by atoms with Crippen LogP contribution >= 0.6 is 0 Å². The number of allylic oxidation sites excluding steroid dienone is 5. The Morgan fingerprint density at radius 2 is 0.753 bits per heavy atom. The molecule has 14 nitrogen and oxygen atoms in total. The fourth-order valence-corrected chi connectivity index (χ4v) is 11.9. The van der Waals surface area contributed by atoms with Crippen molar-refractivity contribution < 1.29 is 64.6 Å². The van der Waals surface area contributed by atoms with Gasteiger partial charge < -0.3 is 65.1 Å². The molecule has 0 spiro atoms. The molecule has 1 amide bonds. The van der Waals surface area contributed by atoms with Crippen LogP contribution in [0.1, 0.15) is 316 Å². The van der Waals surface area contributed by atoms with Crippen molar-refractivity contribution in [1.29, 1.82) is 0 Å². The van der Waals surface area contributed by atoms with Crippen molar-refractivity contribution in [3.63, 3.8) is 0 Å². The zero-order chi connectivity index (χ0) is 61.6. The highest BCUT2D eigenvalue weighted by Crippen LogP contribution is 2.30. The quantitative estimate of drug-likeness (QED) is 0.0204. The normalized spacial score (nSPS) is 23.7. The Hall–Kier alpha value is -1.79. The lowest BCUT2D eigenvalue weighted by atomic mass is 9.97. The van der Waals surface area contributed by atoms with Crippen LogP contribution in [0.3, 0.4) is 0 Å². The van der Waals surface area contributed by atoms with Crippen molar-refractivity contribution in [2.24, 2.45) is 0 Å². The third kappa shape index (κ3) is 40.5. The van der Waals surface area contributed by atoms with Crippen LogP contribution in [-0.2, 0) is 23.7 Å². The molecule has 0 aromatic rings. The highest BCUT2D eigenvalue weighted by atomic mass is 16.7. The molecule has 2 saturated heterocycles. The van der Waals surface area contributed by atoms with Gasteiger partial charge in [0.2, 0.25) is 5.91 Å². The lowest BCUT2D eigenvalue weighted by molar-refractivity contribution is -0.359. The summed E-state index contributed by atoms with van der Waals surface area (Å²) in [4.78, 5) is 13.3. The minimum Gasteiger partial charge on any atom is -0.394 e. The fraction of sp³-hybridized carbons (Fsp3) is 0.901. The molecule has 12 unspecified atom stereocenters. The number of unbranched alkanes of at least 4 members (excludes halogenated alkanes) is 42. The molecule has 0 aromatic heterocycles. The number of carbonyl (C=O) groups is 1. The summed E-state index contributed by atoms with van der Waals surface area (Å²) >= 11 is 0. The van der Waals surface area contributed by atoms with E-state index in [1.165, 1.54) is 238 Å². The van der Waals surface area contributed by atoms with Crippen LogP contribution in [0.4, 0.5) is 0 Å². The number of ether oxygens (including phenoxy) is 4. The number of carbonyl (C=O) groups excluding carboxylic acids is 1. The smallest absolute Gasteiger partial charge is 0.220 e. The number of hydrogen-bond donors (Lipinski definition) is 9. The molecule has 85 heavy (non-hydrogen) atoms. The van der Waals surface area contributed by atoms with Crippen molar-refractivity contribution in [2.45, 2.75) is 389 Å². The maximum absolute atomic E-state index is 13.3. The second kappa shape index (κ2) is 56.2. The standard InChI is InChI=1S/C71H133NO13/c1-3-5-7-9-11-13-15-17-19-21-23-25-27-29-31-32-34-36-38-40-42-44-46-48-50-52-54-60(75)59(58-82-70-68(81)66(79)69(62(57-74)84-70)85-71-67(80)65(78)64(77)61(56-73)83-71)72-63(76)55-53-51-49-47-45-43-41-39-37-35-33-30-28-26-24-22-20-18-16-14-12-10-8-6-4-2/h36,38,44,46,52,54,59-62,64-71,73-75,77-81H,3-35,37,39-43,45,47-51,53,55-58H2,1-2H3,(H,72,76)/b38-36+,46-44+,54-52+. The Bertz CT molecular complexity index is 1560. The summed E-state index contributed by atoms with van der Waals surface area (Å²) in [6.07, 6.45) is 54.9. The number of aliphatic hydroxyl groups excluding tert-OH is 8. The topological polar surface area (TPSA) is 228 Å². The van der Waals surface area contributed by atoms with Gasteiger partial charge in [-0.1, -0.05) is 301 Å². The lowest BCUT2D eigenvalue weighted by Gasteiger charge is -2.46. The van der Waals surface area contributed by atoms with Crippen molar-refractivity contribution in [3.8, 4) is 0 Å². The third-order valence-electron chi connectivity index (χ3n) is 17.6. The summed E-state index contributed by atoms with van der Waals surface area (Å²) in [5.41, 5.74) is 0. The Kier molecular flexibility index (Phi) is 52.4. The molecule has 0 radical (unpaired) electrons. The molecular formula is C71H133NO13. The van der Waals surface area contributed by atoms with Gasteiger partial charge >= 0.3 is 0 Å². The first-order chi connectivity index (χ1) is 41.6. The molecule has 2 heterocycles. The Morgan fingerprint density at radius 3 is 1.15 bits per heavy atom. The van der Waals surface area contributed by atoms with Gasteiger partial charge in [0, 0.05) is 6.42 Å². The third-order valence-corrected chi connectivity index (χ3v) is 17.6. The van der Waals surface area contributed by atoms with Crippen molar-refractivity contribution in [2.75, 3.05) is 19.8 Å². The summed E-state index contributed by atoms with van der Waals surface area (Å²) in [5.74, 6) is -0.247. The van der Waals surface area contributed by atoms with E-state index in [9.17, 15) is 45.6 Å². The predicted octanol–water partition coefficient (Wildman–Crippen LogP) is 14.5. The van der Waals surface area contributed by atoms with Crippen molar-refractivity contribution in [1.82, 2.24) is 5.32 Å². The van der Waals surface area contributed by atoms with Crippen LogP contribution in [0, 0.1) is 0 Å². The zero-order valence-corrected chi connectivity index (χ0v) is 54.4. The monoisotopic (exact) mass is 1210 g/mol. The molecular weight excluding hydrogens is 1070 g/mol. The van der Waals surface area contributed by atoms with E-state index >= 15 is 0 Å². The van der Waals surface area contributed by atoms with Gasteiger partial charge in [0.1, 0.15) is 48.8 Å². The van der Waals surface area contributed by atoms with Gasteiger partial charge in [-0.25, -0.2) is 0 Å². The Morgan fingerprint density at radius 1 is 0.412 bits per heavy atom. The van der Waals surface area contributed by atoms with Crippen LogP contribution in [0.5, 0.6) is 0 Å². The Balaban J connectivity index is 1.70. The summed E-state index contributed by atoms with van der Waals surface area (Å²) in [6, 6.07) is -0.937. The zero-order valence-electron chi connectivity index (χ0n) is 54.4. The van der Waals surface area contributed by atoms with E-state index in [1.807, 2.05) is 6.08 Å². The van der Waals surface area contributed by atoms with Gasteiger partial charge in [0.25, 0.3) is 0 Å². The molecule has 0 aromatic carbocycles. The molecule has 2 aliphatic heterocycles. The van der Waals surface area contributed by atoms with Crippen LogP contribution in [-0.4, -0.2) is 140 Å². The van der Waals surface area contributed by atoms with Crippen LogP contribution < -0.4 is 5.32 Å². The maximum Gasteiger partial charge on any atom is 0.220 e. The number of nitrogens with one attached hydrogen (secondary N) is 1. The molecule has 2 rings (SSSR count). The number of aliphatic hydroxyl groups is 8. The van der Waals surface area contributed by atoms with Crippen LogP contribution in [0.25, 0.3) is 0 Å². The molecule has 0 saturated carbocycles. The van der Waals surface area contributed by atoms with Gasteiger partial charge in [0.15, 0.2) is 12.6 Å². The highest BCUT2D eigenvalue weighted by Gasteiger charge is 2.51. The van der Waals surface area contributed by atoms with Crippen LogP contribution in [0.2, 0.25) is 0 Å². The van der Waals surface area contributed by atoms with E-state index in [0.717, 1.165) is 44.9 Å². The van der Waals surface area contributed by atoms with Gasteiger partial charge in [-0.3, -0.25) is 4.79 Å². The molecule has 2 aliphatic rings. The summed E-state index contributed by atoms with van der Waals surface area (Å²) < 4.78 is 22.8. The second-order valence-corrected chi connectivity index (χ2v) is 25.4. The van der Waals surface area contributed by atoms with E-state index in [-0.39, 0.29) is 18.9 Å². The first-order valence-electron chi connectivity index (χ1n) is 35.7. The number of hydrogen-bond acceptors (Lipinski definition) is 13. The molecule has 2 fully saturated rings. The molecule has 9 N–H and O–H groups in total. The molecule has 0 aliphatic carbocycles. The van der Waals surface area contributed by atoms with E-state index in [1.54, 1.807) is 6.08 Å². The molecule has 12 atom stereocenters. The SMILES string of the molecule is CCCCCCCCCCCCCCCCCC/C=C/CC/C=C/CC/C=C/C(O)C(COC1OC(CO)C(OC2OC(CO)C(O)C(O)C2O)C(O)C1O)NC(=O)CCCCCCCCCCCCCCCCCCCCCCCCCCC. The highest BCUT2D eigenvalue weighted by molar-refractivity contribution is 5.76. The van der Waals surface area contributed by atoms with E-state index in [2.05, 4.69) is 43.5 Å². The van der Waals surface area contributed by atoms with Gasteiger partial charge in [-0.2, -0.15) is 0 Å². The van der Waals surface area contributed by atoms with E-state index < -0.39 is 86.8 Å². The van der Waals surface area contributed by atoms with Gasteiger partial charge in [-0.15, -0.1) is 0 Å². The largest absolute Gasteiger partial charge is 0.394 e. The minimum absolute atomic E-state index is 0.247. The van der Waals surface area contributed by atoms with E-state index in [0.29, 0.717) is 12.8 Å². The number of rotatable bonds is 59. The average molecular weight is 1210 g/mol. The minimum atomic E-state index is -1.79. The van der Waals surface area contributed by atoms with Gasteiger partial charge in [0.05, 0.1) is 32.0 Å². The first-order valence-corrected chi connectivity index (χ1v) is 35.7. The average Bonchev–Trinajstić information content (AvgIpc) is 3.52. The van der Waals surface area contributed by atoms with E-state index in [4.69, 9.17) is 18.9 Å². The molecule has 0 bridgehead atoms. The maximum atomic E-state index is 13.3. The van der Waals surface area contributed by atoms with Gasteiger partial charge in [-0.05, 0) is 44.9 Å². The predicted molar refractivity (Wildman–Crippen MR) is 346 cm³/mol. The number of amides is 1. The Labute approximate surface area is 519 Å². The lowest BCUT2D eigenvalue weighted by Crippen LogP contribution is -2.65. The first kappa shape index (κ1) is 79.3. The van der Waals surface area contributed by atoms with Crippen molar-refractivity contribution >= 4 is 5.91 Å². The van der Waals surface area contributed by atoms with Crippen LogP contribution in [0.15, 0.2) is 36.5 Å². The fourth-order valence-electron chi connectivity index (χ4n) is 11.9. The molecule has 14 heteroatoms. The summed E-state index contributed by atoms with van der Waals surface area (Å²) in [7, 11) is 0. The molecule has 500 valence electrons. The van der Waals surface area contributed by atoms with Crippen molar-refractivity contribution in [3.05, 3.63) is 36.5 Å².